The topological polar surface area (TPSA) is 52.5 Å². The number of benzene rings is 2. The second-order valence-electron chi connectivity index (χ2n) is 5.54. The molecule has 0 fully saturated rings. The summed E-state index contributed by atoms with van der Waals surface area (Å²) in [5.41, 5.74) is 2.59. The van der Waals surface area contributed by atoms with Crippen LogP contribution in [0.25, 0.3) is 10.9 Å². The van der Waals surface area contributed by atoms with Gasteiger partial charge in [-0.05, 0) is 29.8 Å². The molecule has 5 heteroatoms. The van der Waals surface area contributed by atoms with E-state index < -0.39 is 0 Å². The number of fused-ring (bicyclic) bond motifs is 2. The van der Waals surface area contributed by atoms with E-state index in [-0.39, 0.29) is 12.7 Å². The summed E-state index contributed by atoms with van der Waals surface area (Å²) in [6.45, 7) is 0.691. The van der Waals surface area contributed by atoms with Crippen LogP contribution in [0.5, 0.6) is 11.5 Å². The SMILES string of the molecule is Cn1ccc2cccc(C(=O)NCc3ccc4c(c3)OCO4)c21. The number of carbonyl (C=O) groups is 1. The van der Waals surface area contributed by atoms with Crippen molar-refractivity contribution >= 4 is 16.8 Å². The average Bonchev–Trinajstić information content (AvgIpc) is 3.19. The Morgan fingerprint density at radius 1 is 1.17 bits per heavy atom. The minimum Gasteiger partial charge on any atom is -0.454 e. The molecule has 1 amide bonds. The van der Waals surface area contributed by atoms with Crippen LogP contribution in [-0.2, 0) is 13.6 Å². The summed E-state index contributed by atoms with van der Waals surface area (Å²) >= 11 is 0. The molecule has 3 aromatic rings. The molecule has 1 aromatic heterocycles. The van der Waals surface area contributed by atoms with E-state index in [2.05, 4.69) is 5.32 Å². The lowest BCUT2D eigenvalue weighted by atomic mass is 10.1. The second-order valence-corrected chi connectivity index (χ2v) is 5.54. The third-order valence-electron chi connectivity index (χ3n) is 4.03. The molecular weight excluding hydrogens is 292 g/mol. The minimum atomic E-state index is -0.0879. The Hall–Kier alpha value is -2.95. The summed E-state index contributed by atoms with van der Waals surface area (Å²) in [4.78, 5) is 12.5. The van der Waals surface area contributed by atoms with E-state index >= 15 is 0 Å². The third-order valence-corrected chi connectivity index (χ3v) is 4.03. The number of aryl methyl sites for hydroxylation is 1. The number of ether oxygens (including phenoxy) is 2. The zero-order chi connectivity index (χ0) is 15.8. The molecule has 0 bridgehead atoms. The van der Waals surface area contributed by atoms with Gasteiger partial charge in [0.25, 0.3) is 5.91 Å². The Morgan fingerprint density at radius 3 is 2.96 bits per heavy atom. The van der Waals surface area contributed by atoms with E-state index in [9.17, 15) is 4.79 Å². The van der Waals surface area contributed by atoms with Gasteiger partial charge in [0, 0.05) is 25.2 Å². The number of aromatic nitrogens is 1. The first kappa shape index (κ1) is 13.7. The highest BCUT2D eigenvalue weighted by molar-refractivity contribution is 6.05. The van der Waals surface area contributed by atoms with Gasteiger partial charge in [-0.15, -0.1) is 0 Å². The van der Waals surface area contributed by atoms with E-state index in [1.807, 2.05) is 60.3 Å². The molecule has 2 aromatic carbocycles. The largest absolute Gasteiger partial charge is 0.454 e. The number of nitrogens with one attached hydrogen (secondary N) is 1. The molecule has 0 saturated carbocycles. The van der Waals surface area contributed by atoms with Crippen molar-refractivity contribution in [2.24, 2.45) is 7.05 Å². The molecule has 1 N–H and O–H groups in total. The Balaban J connectivity index is 1.54. The third kappa shape index (κ3) is 2.40. The highest BCUT2D eigenvalue weighted by Gasteiger charge is 2.15. The number of rotatable bonds is 3. The molecule has 0 saturated heterocycles. The lowest BCUT2D eigenvalue weighted by Gasteiger charge is -2.08. The van der Waals surface area contributed by atoms with Gasteiger partial charge in [0.1, 0.15) is 0 Å². The Bertz CT molecular complexity index is 898. The van der Waals surface area contributed by atoms with E-state index in [4.69, 9.17) is 9.47 Å². The van der Waals surface area contributed by atoms with Gasteiger partial charge in [-0.1, -0.05) is 18.2 Å². The summed E-state index contributed by atoms with van der Waals surface area (Å²) in [6.07, 6.45) is 1.96. The monoisotopic (exact) mass is 308 g/mol. The van der Waals surface area contributed by atoms with Crippen molar-refractivity contribution < 1.29 is 14.3 Å². The van der Waals surface area contributed by atoms with Crippen LogP contribution in [0.15, 0.2) is 48.7 Å². The van der Waals surface area contributed by atoms with Crippen LogP contribution in [0, 0.1) is 0 Å². The van der Waals surface area contributed by atoms with Crippen molar-refractivity contribution in [3.05, 3.63) is 59.8 Å². The van der Waals surface area contributed by atoms with Crippen LogP contribution >= 0.6 is 0 Å². The van der Waals surface area contributed by atoms with Gasteiger partial charge in [-0.2, -0.15) is 0 Å². The lowest BCUT2D eigenvalue weighted by Crippen LogP contribution is -2.23. The quantitative estimate of drug-likeness (QED) is 0.809. The van der Waals surface area contributed by atoms with Crippen LogP contribution < -0.4 is 14.8 Å². The van der Waals surface area contributed by atoms with Crippen LogP contribution in [0.4, 0.5) is 0 Å². The van der Waals surface area contributed by atoms with Crippen molar-refractivity contribution in [2.45, 2.75) is 6.54 Å². The molecule has 0 atom stereocenters. The van der Waals surface area contributed by atoms with Crippen LogP contribution in [0.2, 0.25) is 0 Å². The van der Waals surface area contributed by atoms with E-state index in [1.54, 1.807) is 0 Å². The number of amides is 1. The highest BCUT2D eigenvalue weighted by Crippen LogP contribution is 2.32. The smallest absolute Gasteiger partial charge is 0.253 e. The second kappa shape index (κ2) is 5.35. The predicted octanol–water partition coefficient (Wildman–Crippen LogP) is 2.84. The number of para-hydroxylation sites is 1. The van der Waals surface area contributed by atoms with Gasteiger partial charge >= 0.3 is 0 Å². The van der Waals surface area contributed by atoms with Crippen molar-refractivity contribution in [3.63, 3.8) is 0 Å². The van der Waals surface area contributed by atoms with Crippen LogP contribution in [0.3, 0.4) is 0 Å². The average molecular weight is 308 g/mol. The molecule has 0 radical (unpaired) electrons. The van der Waals surface area contributed by atoms with E-state index in [1.165, 1.54) is 0 Å². The number of nitrogens with zero attached hydrogens (tertiary/aromatic N) is 1. The predicted molar refractivity (Wildman–Crippen MR) is 86.7 cm³/mol. The molecule has 1 aliphatic heterocycles. The van der Waals surface area contributed by atoms with Crippen LogP contribution in [0.1, 0.15) is 15.9 Å². The van der Waals surface area contributed by atoms with Crippen molar-refractivity contribution in [2.75, 3.05) is 6.79 Å². The van der Waals surface area contributed by atoms with Gasteiger partial charge < -0.3 is 19.4 Å². The Kier molecular flexibility index (Phi) is 3.19. The van der Waals surface area contributed by atoms with Crippen LogP contribution in [-0.4, -0.2) is 17.3 Å². The summed E-state index contributed by atoms with van der Waals surface area (Å²) < 4.78 is 12.6. The molecular formula is C18H16N2O3. The Labute approximate surface area is 133 Å². The van der Waals surface area contributed by atoms with Gasteiger partial charge in [0.05, 0.1) is 11.1 Å². The lowest BCUT2D eigenvalue weighted by molar-refractivity contribution is 0.0952. The summed E-state index contributed by atoms with van der Waals surface area (Å²) in [5, 5.41) is 4.03. The van der Waals surface area contributed by atoms with Crippen molar-refractivity contribution in [1.82, 2.24) is 9.88 Å². The molecule has 5 nitrogen and oxygen atoms in total. The first-order valence-corrected chi connectivity index (χ1v) is 7.43. The first-order chi connectivity index (χ1) is 11.2. The molecule has 116 valence electrons. The molecule has 0 unspecified atom stereocenters. The minimum absolute atomic E-state index is 0.0879. The zero-order valence-corrected chi connectivity index (χ0v) is 12.7. The first-order valence-electron chi connectivity index (χ1n) is 7.43. The van der Waals surface area contributed by atoms with E-state index in [0.29, 0.717) is 12.1 Å². The zero-order valence-electron chi connectivity index (χ0n) is 12.7. The normalized spacial score (nSPS) is 12.6. The maximum absolute atomic E-state index is 12.5. The van der Waals surface area contributed by atoms with Gasteiger partial charge in [-0.25, -0.2) is 0 Å². The fraction of sp³-hybridized carbons (Fsp3) is 0.167. The molecule has 0 aliphatic carbocycles. The summed E-state index contributed by atoms with van der Waals surface area (Å²) in [6, 6.07) is 13.4. The molecule has 2 heterocycles. The maximum atomic E-state index is 12.5. The van der Waals surface area contributed by atoms with Crippen molar-refractivity contribution in [3.8, 4) is 11.5 Å². The standard InChI is InChI=1S/C18H16N2O3/c1-20-8-7-13-3-2-4-14(17(13)20)18(21)19-10-12-5-6-15-16(9-12)23-11-22-15/h2-9H,10-11H2,1H3,(H,19,21). The Morgan fingerprint density at radius 2 is 2.04 bits per heavy atom. The summed E-state index contributed by atoms with van der Waals surface area (Å²) in [5.74, 6) is 1.38. The number of hydrogen-bond acceptors (Lipinski definition) is 3. The van der Waals surface area contributed by atoms with Gasteiger partial charge in [-0.3, -0.25) is 4.79 Å². The summed E-state index contributed by atoms with van der Waals surface area (Å²) in [7, 11) is 1.94. The highest BCUT2D eigenvalue weighted by atomic mass is 16.7. The number of carbonyl (C=O) groups excluding carboxylic acids is 1. The van der Waals surface area contributed by atoms with E-state index in [0.717, 1.165) is 28.0 Å². The fourth-order valence-electron chi connectivity index (χ4n) is 2.87. The molecule has 0 spiro atoms. The number of hydrogen-bond donors (Lipinski definition) is 1. The fourth-order valence-corrected chi connectivity index (χ4v) is 2.87. The maximum Gasteiger partial charge on any atom is 0.253 e. The van der Waals surface area contributed by atoms with Gasteiger partial charge in [0.15, 0.2) is 11.5 Å². The van der Waals surface area contributed by atoms with Gasteiger partial charge in [0.2, 0.25) is 6.79 Å². The molecule has 1 aliphatic rings. The molecule has 4 rings (SSSR count). The van der Waals surface area contributed by atoms with Crippen molar-refractivity contribution in [1.29, 1.82) is 0 Å². The molecule has 23 heavy (non-hydrogen) atoms.